The fourth-order valence-corrected chi connectivity index (χ4v) is 2.71. The van der Waals surface area contributed by atoms with Gasteiger partial charge >= 0.3 is 0 Å². The first-order chi connectivity index (χ1) is 14.0. The summed E-state index contributed by atoms with van der Waals surface area (Å²) in [6.45, 7) is 3.37. The van der Waals surface area contributed by atoms with Crippen LogP contribution in [-0.4, -0.2) is 106 Å². The van der Waals surface area contributed by atoms with E-state index >= 15 is 0 Å². The average molecular weight is 421 g/mol. The van der Waals surface area contributed by atoms with Crippen LogP contribution in [0.2, 0.25) is 0 Å². The third kappa shape index (κ3) is 9.67. The smallest absolute Gasteiger partial charge is 0.217 e. The molecular weight excluding hydrogens is 390 g/mol. The molecule has 0 aromatic carbocycles. The van der Waals surface area contributed by atoms with Gasteiger partial charge in [0.05, 0.1) is 77.5 Å². The van der Waals surface area contributed by atoms with E-state index in [1.807, 2.05) is 0 Å². The number of carbonyl (C=O) groups excluding carboxylic acids is 2. The zero-order chi connectivity index (χ0) is 21.5. The maximum Gasteiger partial charge on any atom is 0.217 e. The van der Waals surface area contributed by atoms with Crippen LogP contribution in [0.25, 0.3) is 0 Å². The molecule has 0 aliphatic carbocycles. The van der Waals surface area contributed by atoms with Gasteiger partial charge in [-0.05, 0) is 0 Å². The Bertz CT molecular complexity index is 483. The highest BCUT2D eigenvalue weighted by Gasteiger charge is 2.45. The van der Waals surface area contributed by atoms with Crippen LogP contribution in [-0.2, 0) is 33.3 Å². The molecule has 0 spiro atoms. The highest BCUT2D eigenvalue weighted by molar-refractivity contribution is 5.74. The van der Waals surface area contributed by atoms with E-state index in [2.05, 4.69) is 10.4 Å². The quantitative estimate of drug-likeness (QED) is 0.131. The molecule has 1 fully saturated rings. The third-order valence-electron chi connectivity index (χ3n) is 4.10. The highest BCUT2D eigenvalue weighted by atomic mass is 16.7. The molecule has 168 valence electrons. The largest absolute Gasteiger partial charge is 0.394 e. The molecule has 0 aromatic rings. The standard InChI is InChI=1S/C17H31N3O9/c1-12(23)20-15-13(10-21)16(24)14(11-22)29-17(15)28-9-8-27-7-6-26-5-4-25-3-2-19-18/h10,13-18,22,24H,2-9,11H2,1H3,(H,20,23)/t13-,14-,15-,16-,17-/m1/s1. The van der Waals surface area contributed by atoms with Crippen LogP contribution in [0.4, 0.5) is 0 Å². The fourth-order valence-electron chi connectivity index (χ4n) is 2.71. The van der Waals surface area contributed by atoms with E-state index in [1.165, 1.54) is 6.92 Å². The molecule has 29 heavy (non-hydrogen) atoms. The number of ether oxygens (including phenoxy) is 5. The molecule has 1 aliphatic heterocycles. The molecule has 0 aromatic heterocycles. The summed E-state index contributed by atoms with van der Waals surface area (Å²) in [6.07, 6.45) is -2.74. The van der Waals surface area contributed by atoms with Gasteiger partial charge < -0.3 is 44.0 Å². The molecule has 5 atom stereocenters. The van der Waals surface area contributed by atoms with Gasteiger partial charge in [0.15, 0.2) is 6.29 Å². The van der Waals surface area contributed by atoms with Crippen LogP contribution >= 0.6 is 0 Å². The Hall–Kier alpha value is -1.54. The molecule has 0 radical (unpaired) electrons. The van der Waals surface area contributed by atoms with Gasteiger partial charge in [-0.1, -0.05) is 0 Å². The topological polar surface area (TPSA) is 169 Å². The molecule has 1 aliphatic rings. The number of aldehydes is 1. The highest BCUT2D eigenvalue weighted by Crippen LogP contribution is 2.25. The van der Waals surface area contributed by atoms with Crippen molar-refractivity contribution in [3.63, 3.8) is 0 Å². The average Bonchev–Trinajstić information content (AvgIpc) is 2.70. The van der Waals surface area contributed by atoms with Gasteiger partial charge in [-0.25, -0.2) is 5.53 Å². The second-order valence-corrected chi connectivity index (χ2v) is 6.25. The van der Waals surface area contributed by atoms with E-state index in [-0.39, 0.29) is 13.2 Å². The van der Waals surface area contributed by atoms with Crippen molar-refractivity contribution in [2.24, 2.45) is 11.0 Å². The molecular formula is C17H31N3O9. The minimum absolute atomic E-state index is 0.111. The Morgan fingerprint density at radius 2 is 1.72 bits per heavy atom. The Morgan fingerprint density at radius 3 is 2.24 bits per heavy atom. The van der Waals surface area contributed by atoms with Gasteiger partial charge in [0, 0.05) is 6.92 Å². The van der Waals surface area contributed by atoms with Gasteiger partial charge in [-0.3, -0.25) is 4.79 Å². The summed E-state index contributed by atoms with van der Waals surface area (Å²) in [5.74, 6) is -1.37. The van der Waals surface area contributed by atoms with Crippen LogP contribution < -0.4 is 5.32 Å². The van der Waals surface area contributed by atoms with Crippen molar-refractivity contribution in [2.75, 3.05) is 59.4 Å². The second-order valence-electron chi connectivity index (χ2n) is 6.25. The monoisotopic (exact) mass is 421 g/mol. The lowest BCUT2D eigenvalue weighted by Crippen LogP contribution is -2.62. The van der Waals surface area contributed by atoms with E-state index in [4.69, 9.17) is 29.2 Å². The number of nitrogens with one attached hydrogen (secondary N) is 2. The maximum absolute atomic E-state index is 11.4. The molecule has 12 nitrogen and oxygen atoms in total. The Kier molecular flexibility index (Phi) is 13.5. The molecule has 0 bridgehead atoms. The first-order valence-corrected chi connectivity index (χ1v) is 9.40. The summed E-state index contributed by atoms with van der Waals surface area (Å²) in [7, 11) is 0. The molecule has 1 heterocycles. The van der Waals surface area contributed by atoms with E-state index in [1.54, 1.807) is 0 Å². The van der Waals surface area contributed by atoms with Gasteiger partial charge in [0.2, 0.25) is 5.91 Å². The van der Waals surface area contributed by atoms with Crippen molar-refractivity contribution in [3.8, 4) is 0 Å². The number of aliphatic hydroxyl groups excluding tert-OH is 2. The summed E-state index contributed by atoms with van der Waals surface area (Å²) >= 11 is 0. The minimum Gasteiger partial charge on any atom is -0.394 e. The lowest BCUT2D eigenvalue weighted by Gasteiger charge is -2.42. The van der Waals surface area contributed by atoms with Crippen LogP contribution in [0.3, 0.4) is 0 Å². The van der Waals surface area contributed by atoms with E-state index in [9.17, 15) is 19.8 Å². The molecule has 1 saturated heterocycles. The number of nitrogens with zero attached hydrogens (tertiary/aromatic N) is 1. The molecule has 1 rings (SSSR count). The van der Waals surface area contributed by atoms with E-state index in [0.29, 0.717) is 45.9 Å². The van der Waals surface area contributed by atoms with Crippen molar-refractivity contribution in [2.45, 2.75) is 31.5 Å². The van der Waals surface area contributed by atoms with Crippen LogP contribution in [0.15, 0.2) is 5.11 Å². The van der Waals surface area contributed by atoms with Crippen molar-refractivity contribution in [1.29, 1.82) is 5.53 Å². The number of carbonyl (C=O) groups is 2. The summed E-state index contributed by atoms with van der Waals surface area (Å²) in [4.78, 5) is 22.8. The van der Waals surface area contributed by atoms with Crippen LogP contribution in [0.1, 0.15) is 6.92 Å². The minimum atomic E-state index is -1.26. The summed E-state index contributed by atoms with van der Waals surface area (Å²) in [5.41, 5.74) is 6.61. The summed E-state index contributed by atoms with van der Waals surface area (Å²) in [6, 6.07) is -0.881. The first-order valence-electron chi connectivity index (χ1n) is 9.40. The van der Waals surface area contributed by atoms with Gasteiger partial charge in [-0.15, -0.1) is 0 Å². The molecule has 1 amide bonds. The van der Waals surface area contributed by atoms with Crippen molar-refractivity contribution < 1.29 is 43.5 Å². The number of hydrogen-bond donors (Lipinski definition) is 4. The van der Waals surface area contributed by atoms with E-state index < -0.39 is 43.0 Å². The van der Waals surface area contributed by atoms with Crippen LogP contribution in [0.5, 0.6) is 0 Å². The number of rotatable bonds is 16. The van der Waals surface area contributed by atoms with Crippen molar-refractivity contribution >= 4 is 12.2 Å². The van der Waals surface area contributed by atoms with Crippen molar-refractivity contribution in [1.82, 2.24) is 5.32 Å². The number of amides is 1. The Morgan fingerprint density at radius 1 is 1.14 bits per heavy atom. The number of aliphatic hydroxyl groups is 2. The molecule has 0 saturated carbocycles. The Balaban J connectivity index is 2.27. The van der Waals surface area contributed by atoms with Gasteiger partial charge in [0.25, 0.3) is 0 Å². The predicted molar refractivity (Wildman–Crippen MR) is 97.3 cm³/mol. The zero-order valence-electron chi connectivity index (χ0n) is 16.5. The Labute approximate surface area is 169 Å². The lowest BCUT2D eigenvalue weighted by atomic mass is 9.88. The number of hydrogen-bond acceptors (Lipinski definition) is 11. The fraction of sp³-hybridized carbons (Fsp3) is 0.882. The second kappa shape index (κ2) is 15.3. The predicted octanol–water partition coefficient (Wildman–Crippen LogP) is -1.52. The molecule has 0 unspecified atom stereocenters. The first kappa shape index (κ1) is 25.5. The van der Waals surface area contributed by atoms with E-state index in [0.717, 1.165) is 0 Å². The normalized spacial score (nSPS) is 26.8. The zero-order valence-corrected chi connectivity index (χ0v) is 16.5. The van der Waals surface area contributed by atoms with Crippen molar-refractivity contribution in [3.05, 3.63) is 0 Å². The van der Waals surface area contributed by atoms with Gasteiger partial charge in [-0.2, -0.15) is 5.11 Å². The molecule has 4 N–H and O–H groups in total. The molecule has 12 heteroatoms. The van der Waals surface area contributed by atoms with Gasteiger partial charge in [0.1, 0.15) is 12.4 Å². The summed E-state index contributed by atoms with van der Waals surface area (Å²) in [5, 5.41) is 25.2. The lowest BCUT2D eigenvalue weighted by molar-refractivity contribution is -0.256. The van der Waals surface area contributed by atoms with Crippen LogP contribution in [0, 0.1) is 11.4 Å². The maximum atomic E-state index is 11.4. The third-order valence-corrected chi connectivity index (χ3v) is 4.10. The summed E-state index contributed by atoms with van der Waals surface area (Å²) < 4.78 is 26.9. The SMILES string of the molecule is CC(=O)N[C@H]1[C@H](OCCOCCOCCOCCN=N)O[C@H](CO)[C@H](O)[C@@H]1C=O.